The molecule has 0 radical (unpaired) electrons. The molecule has 3 aliphatic heterocycles. The van der Waals surface area contributed by atoms with E-state index in [1.54, 1.807) is 41.4 Å². The quantitative estimate of drug-likeness (QED) is 0.323. The van der Waals surface area contributed by atoms with Crippen LogP contribution in [-0.2, 0) is 10.3 Å². The summed E-state index contributed by atoms with van der Waals surface area (Å²) in [5.74, 6) is -1.26. The van der Waals surface area contributed by atoms with Gasteiger partial charge in [-0.15, -0.1) is 23.1 Å². The topological polar surface area (TPSA) is 92.5 Å². The molecular weight excluding hydrogens is 477 g/mol. The van der Waals surface area contributed by atoms with Crippen LogP contribution in [0.25, 0.3) is 0 Å². The van der Waals surface area contributed by atoms with E-state index in [2.05, 4.69) is 5.32 Å². The van der Waals surface area contributed by atoms with Gasteiger partial charge in [-0.1, -0.05) is 18.2 Å². The second-order valence-corrected chi connectivity index (χ2v) is 10.6. The first-order chi connectivity index (χ1) is 16.4. The average Bonchev–Trinajstić information content (AvgIpc) is 3.60. The number of anilines is 1. The first kappa shape index (κ1) is 21.5. The molecule has 34 heavy (non-hydrogen) atoms. The number of halogens is 1. The molecular formula is C24H18FN3O4S2. The fourth-order valence-corrected chi connectivity index (χ4v) is 7.87. The minimum Gasteiger partial charge on any atom is -0.324 e. The van der Waals surface area contributed by atoms with Crippen LogP contribution in [0.4, 0.5) is 15.8 Å². The molecule has 1 aromatic heterocycles. The maximum Gasteiger partial charge on any atom is 0.269 e. The number of thioether (sulfide) groups is 1. The number of ketones is 1. The van der Waals surface area contributed by atoms with Crippen molar-refractivity contribution in [3.63, 3.8) is 0 Å². The standard InChI is InChI=1S/C24H18FN3O4S2/c25-14-6-7-17-16(10-14)24(23(30)26-17)21(22(29)19-5-2-8-34-19)20(18-11-33-12-27(18)24)13-3-1-4-15(9-13)28(31)32/h1-10,18,20-21H,11-12H2,(H,26,30)/t18-,20-,21+,24-/m1/s1. The van der Waals surface area contributed by atoms with Gasteiger partial charge in [0.2, 0.25) is 5.91 Å². The Morgan fingerprint density at radius 2 is 2.06 bits per heavy atom. The molecule has 4 atom stereocenters. The molecule has 10 heteroatoms. The van der Waals surface area contributed by atoms with Gasteiger partial charge in [0.25, 0.3) is 5.69 Å². The van der Waals surface area contributed by atoms with Crippen LogP contribution in [0.3, 0.4) is 0 Å². The summed E-state index contributed by atoms with van der Waals surface area (Å²) in [5, 5.41) is 16.2. The third-order valence-electron chi connectivity index (χ3n) is 7.10. The van der Waals surface area contributed by atoms with Crippen molar-refractivity contribution in [1.82, 2.24) is 4.90 Å². The number of nitrogens with one attached hydrogen (secondary N) is 1. The predicted octanol–water partition coefficient (Wildman–Crippen LogP) is 4.61. The van der Waals surface area contributed by atoms with Gasteiger partial charge >= 0.3 is 0 Å². The SMILES string of the molecule is O=C(c1cccs1)[C@@H]1[C@H](c2cccc([N+](=O)[O-])c2)[C@H]2CSCN2[C@@]12C(=O)Nc1ccc(F)cc12. The summed E-state index contributed by atoms with van der Waals surface area (Å²) in [7, 11) is 0. The van der Waals surface area contributed by atoms with Gasteiger partial charge in [0.15, 0.2) is 5.78 Å². The Morgan fingerprint density at radius 3 is 2.82 bits per heavy atom. The fourth-order valence-electron chi connectivity index (χ4n) is 5.84. The van der Waals surface area contributed by atoms with E-state index in [1.165, 1.54) is 41.7 Å². The zero-order chi connectivity index (χ0) is 23.6. The monoisotopic (exact) mass is 495 g/mol. The van der Waals surface area contributed by atoms with Crippen molar-refractivity contribution in [2.45, 2.75) is 17.5 Å². The van der Waals surface area contributed by atoms with Gasteiger partial charge in [0.05, 0.1) is 15.7 Å². The van der Waals surface area contributed by atoms with Crippen molar-refractivity contribution in [3.8, 4) is 0 Å². The van der Waals surface area contributed by atoms with Crippen LogP contribution in [0.1, 0.15) is 26.7 Å². The van der Waals surface area contributed by atoms with Crippen molar-refractivity contribution >= 4 is 46.2 Å². The Labute approximate surface area is 202 Å². The van der Waals surface area contributed by atoms with Gasteiger partial charge in [-0.05, 0) is 35.2 Å². The van der Waals surface area contributed by atoms with Crippen LogP contribution < -0.4 is 5.32 Å². The van der Waals surface area contributed by atoms with Gasteiger partial charge in [-0.2, -0.15) is 0 Å². The van der Waals surface area contributed by atoms with Crippen LogP contribution in [0.2, 0.25) is 0 Å². The lowest BCUT2D eigenvalue weighted by Gasteiger charge is -2.36. The Hall–Kier alpha value is -3.08. The molecule has 0 bridgehead atoms. The third kappa shape index (κ3) is 2.85. The van der Waals surface area contributed by atoms with Gasteiger partial charge in [-0.25, -0.2) is 4.39 Å². The molecule has 172 valence electrons. The summed E-state index contributed by atoms with van der Waals surface area (Å²) in [6.07, 6.45) is 0. The smallest absolute Gasteiger partial charge is 0.269 e. The second-order valence-electron chi connectivity index (χ2n) is 8.64. The Bertz CT molecular complexity index is 1350. The fraction of sp³-hybridized carbons (Fsp3) is 0.250. The number of carbonyl (C=O) groups excluding carboxylic acids is 2. The molecule has 1 amide bonds. The Balaban J connectivity index is 1.63. The highest BCUT2D eigenvalue weighted by atomic mass is 32.2. The van der Waals surface area contributed by atoms with Crippen molar-refractivity contribution < 1.29 is 18.9 Å². The van der Waals surface area contributed by atoms with Gasteiger partial charge in [-0.3, -0.25) is 24.6 Å². The number of amides is 1. The van der Waals surface area contributed by atoms with Crippen molar-refractivity contribution in [2.24, 2.45) is 5.92 Å². The predicted molar refractivity (Wildman–Crippen MR) is 128 cm³/mol. The first-order valence-corrected chi connectivity index (χ1v) is 12.7. The summed E-state index contributed by atoms with van der Waals surface area (Å²) < 4.78 is 14.5. The number of non-ortho nitro benzene ring substituents is 1. The van der Waals surface area contributed by atoms with Crippen LogP contribution in [0, 0.1) is 21.8 Å². The molecule has 2 saturated heterocycles. The van der Waals surface area contributed by atoms with E-state index in [0.717, 1.165) is 0 Å². The number of thiophene rings is 1. The van der Waals surface area contributed by atoms with Crippen LogP contribution in [0.5, 0.6) is 0 Å². The number of nitro groups is 1. The number of fused-ring (bicyclic) bond motifs is 4. The molecule has 0 unspecified atom stereocenters. The molecule has 3 aliphatic rings. The Morgan fingerprint density at radius 1 is 1.21 bits per heavy atom. The largest absolute Gasteiger partial charge is 0.324 e. The molecule has 3 aromatic rings. The molecule has 0 saturated carbocycles. The van der Waals surface area contributed by atoms with E-state index >= 15 is 0 Å². The minimum atomic E-state index is -1.40. The molecule has 1 N–H and O–H groups in total. The van der Waals surface area contributed by atoms with E-state index in [0.29, 0.717) is 33.3 Å². The summed E-state index contributed by atoms with van der Waals surface area (Å²) in [5.41, 5.74) is 0.108. The minimum absolute atomic E-state index is 0.0692. The highest BCUT2D eigenvalue weighted by molar-refractivity contribution is 7.99. The molecule has 2 aromatic carbocycles. The third-order valence-corrected chi connectivity index (χ3v) is 9.02. The lowest BCUT2D eigenvalue weighted by Crippen LogP contribution is -2.52. The van der Waals surface area contributed by atoms with Crippen LogP contribution in [0.15, 0.2) is 60.0 Å². The van der Waals surface area contributed by atoms with E-state index in [9.17, 15) is 24.1 Å². The number of hydrogen-bond donors (Lipinski definition) is 1. The van der Waals surface area contributed by atoms with Crippen LogP contribution >= 0.6 is 23.1 Å². The summed E-state index contributed by atoms with van der Waals surface area (Å²) in [6, 6.07) is 13.8. The van der Waals surface area contributed by atoms with Gasteiger partial charge in [0, 0.05) is 47.0 Å². The Kier molecular flexibility index (Phi) is 4.87. The number of nitrogens with zero attached hydrogens (tertiary/aromatic N) is 2. The van der Waals surface area contributed by atoms with E-state index in [-0.39, 0.29) is 23.4 Å². The van der Waals surface area contributed by atoms with Crippen LogP contribution in [-0.4, -0.2) is 39.2 Å². The molecule has 6 rings (SSSR count). The summed E-state index contributed by atoms with van der Waals surface area (Å²) in [6.45, 7) is 0. The highest BCUT2D eigenvalue weighted by Gasteiger charge is 2.69. The highest BCUT2D eigenvalue weighted by Crippen LogP contribution is 2.61. The van der Waals surface area contributed by atoms with Gasteiger partial charge < -0.3 is 5.32 Å². The van der Waals surface area contributed by atoms with E-state index < -0.39 is 28.1 Å². The number of benzene rings is 2. The molecule has 0 aliphatic carbocycles. The second kappa shape index (κ2) is 7.72. The van der Waals surface area contributed by atoms with Gasteiger partial charge in [0.1, 0.15) is 11.4 Å². The number of carbonyl (C=O) groups is 2. The van der Waals surface area contributed by atoms with Crippen molar-refractivity contribution in [1.29, 1.82) is 0 Å². The lowest BCUT2D eigenvalue weighted by atomic mass is 9.70. The molecule has 4 heterocycles. The molecule has 7 nitrogen and oxygen atoms in total. The maximum atomic E-state index is 14.5. The van der Waals surface area contributed by atoms with E-state index in [4.69, 9.17) is 0 Å². The van der Waals surface area contributed by atoms with Crippen molar-refractivity contribution in [2.75, 3.05) is 16.9 Å². The molecule has 2 fully saturated rings. The number of rotatable bonds is 4. The zero-order valence-corrected chi connectivity index (χ0v) is 19.3. The number of Topliss-reactive ketones (excluding diaryl/α,β-unsaturated/α-hetero) is 1. The van der Waals surface area contributed by atoms with E-state index in [1.807, 2.05) is 4.90 Å². The zero-order valence-electron chi connectivity index (χ0n) is 17.6. The normalized spacial score (nSPS) is 27.6. The maximum absolute atomic E-state index is 14.5. The molecule has 1 spiro atoms. The number of nitro benzene ring substituents is 1. The summed E-state index contributed by atoms with van der Waals surface area (Å²) >= 11 is 2.93. The lowest BCUT2D eigenvalue weighted by molar-refractivity contribution is -0.384. The first-order valence-electron chi connectivity index (χ1n) is 10.7. The van der Waals surface area contributed by atoms with Crippen molar-refractivity contribution in [3.05, 3.63) is 91.9 Å². The summed E-state index contributed by atoms with van der Waals surface area (Å²) in [4.78, 5) is 41.5. The number of hydrogen-bond acceptors (Lipinski definition) is 7. The average molecular weight is 496 g/mol.